The van der Waals surface area contributed by atoms with E-state index in [0.717, 1.165) is 0 Å². The molecule has 21 heavy (non-hydrogen) atoms. The smallest absolute Gasteiger partial charge is 0.167 e. The number of nitrogens with two attached hydrogens (primary N) is 1. The molecule has 1 fully saturated rings. The second kappa shape index (κ2) is 5.21. The van der Waals surface area contributed by atoms with Gasteiger partial charge in [-0.05, 0) is 13.8 Å². The number of aliphatic hydroxyl groups is 1. The van der Waals surface area contributed by atoms with Crippen LogP contribution in [0.15, 0.2) is 12.7 Å². The van der Waals surface area contributed by atoms with E-state index in [1.165, 1.54) is 6.33 Å². The molecule has 0 amide bonds. The highest BCUT2D eigenvalue weighted by atomic mass is 16.6. The first kappa shape index (κ1) is 14.2. The Balaban J connectivity index is 2.05. The maximum atomic E-state index is 9.39. The Kier molecular flexibility index (Phi) is 3.52. The van der Waals surface area contributed by atoms with Crippen molar-refractivity contribution in [3.05, 3.63) is 12.7 Å². The van der Waals surface area contributed by atoms with Crippen molar-refractivity contribution in [1.29, 1.82) is 0 Å². The molecule has 0 saturated carbocycles. The van der Waals surface area contributed by atoms with Gasteiger partial charge in [-0.25, -0.2) is 15.0 Å². The molecule has 114 valence electrons. The lowest BCUT2D eigenvalue weighted by atomic mass is 10.00. The number of nitrogen functional groups attached to an aromatic ring is 1. The van der Waals surface area contributed by atoms with Gasteiger partial charge in [0.2, 0.25) is 0 Å². The normalized spacial score (nSPS) is 29.3. The standard InChI is InChI=1S/C13H19N5O3/c1-3-20-13(2)4-8(5-19)21-12(13)18-7-17-9-10(14)15-6-16-11(9)18/h6-8,12,19H,3-5H2,1-2H3,(H2,14,15,16)/t8-,12+,13-/m0/s1. The van der Waals surface area contributed by atoms with Gasteiger partial charge in [-0.3, -0.25) is 4.57 Å². The molecular formula is C13H19N5O3. The molecule has 3 rings (SSSR count). The zero-order valence-electron chi connectivity index (χ0n) is 12.1. The molecular weight excluding hydrogens is 274 g/mol. The lowest BCUT2D eigenvalue weighted by Gasteiger charge is -2.30. The van der Waals surface area contributed by atoms with E-state index in [4.69, 9.17) is 15.2 Å². The minimum absolute atomic E-state index is 0.0527. The van der Waals surface area contributed by atoms with Crippen LogP contribution in [0.3, 0.4) is 0 Å². The molecule has 1 saturated heterocycles. The van der Waals surface area contributed by atoms with Crippen LogP contribution in [0.2, 0.25) is 0 Å². The first-order valence-corrected chi connectivity index (χ1v) is 6.92. The molecule has 0 spiro atoms. The minimum Gasteiger partial charge on any atom is -0.394 e. The van der Waals surface area contributed by atoms with Crippen molar-refractivity contribution in [2.75, 3.05) is 18.9 Å². The summed E-state index contributed by atoms with van der Waals surface area (Å²) in [6.45, 7) is 4.40. The molecule has 0 bridgehead atoms. The Morgan fingerprint density at radius 3 is 3.05 bits per heavy atom. The fourth-order valence-corrected chi connectivity index (χ4v) is 2.90. The Labute approximate surface area is 121 Å². The maximum absolute atomic E-state index is 9.39. The number of imidazole rings is 1. The fraction of sp³-hybridized carbons (Fsp3) is 0.615. The Morgan fingerprint density at radius 2 is 2.33 bits per heavy atom. The van der Waals surface area contributed by atoms with Gasteiger partial charge in [-0.1, -0.05) is 0 Å². The van der Waals surface area contributed by atoms with E-state index in [9.17, 15) is 5.11 Å². The van der Waals surface area contributed by atoms with E-state index in [2.05, 4.69) is 15.0 Å². The van der Waals surface area contributed by atoms with Gasteiger partial charge in [-0.2, -0.15) is 0 Å². The largest absolute Gasteiger partial charge is 0.394 e. The zero-order valence-corrected chi connectivity index (χ0v) is 12.1. The van der Waals surface area contributed by atoms with Gasteiger partial charge in [0.15, 0.2) is 17.7 Å². The molecule has 0 aromatic carbocycles. The van der Waals surface area contributed by atoms with Crippen LogP contribution in [-0.2, 0) is 9.47 Å². The molecule has 2 aromatic heterocycles. The number of anilines is 1. The number of nitrogens with zero attached hydrogens (tertiary/aromatic N) is 4. The Hall–Kier alpha value is -1.77. The molecule has 3 atom stereocenters. The number of hydrogen-bond donors (Lipinski definition) is 2. The fourth-order valence-electron chi connectivity index (χ4n) is 2.90. The van der Waals surface area contributed by atoms with Crippen molar-refractivity contribution in [3.63, 3.8) is 0 Å². The van der Waals surface area contributed by atoms with Crippen LogP contribution in [0.25, 0.3) is 11.2 Å². The molecule has 0 radical (unpaired) electrons. The number of aromatic nitrogens is 4. The first-order chi connectivity index (χ1) is 10.1. The molecule has 2 aromatic rings. The van der Waals surface area contributed by atoms with Crippen LogP contribution in [0.5, 0.6) is 0 Å². The SMILES string of the molecule is CCO[C@@]1(C)C[C@@H](CO)O[C@H]1n1cnc2c(N)ncnc21. The van der Waals surface area contributed by atoms with E-state index in [1.54, 1.807) is 10.9 Å². The van der Waals surface area contributed by atoms with Gasteiger partial charge in [0.05, 0.1) is 19.0 Å². The quantitative estimate of drug-likeness (QED) is 0.844. The van der Waals surface area contributed by atoms with Crippen LogP contribution in [-0.4, -0.2) is 49.5 Å². The van der Waals surface area contributed by atoms with Gasteiger partial charge in [0, 0.05) is 13.0 Å². The minimum atomic E-state index is -0.560. The highest BCUT2D eigenvalue weighted by Crippen LogP contribution is 2.41. The maximum Gasteiger partial charge on any atom is 0.167 e. The summed E-state index contributed by atoms with van der Waals surface area (Å²) in [5.74, 6) is 0.327. The van der Waals surface area contributed by atoms with Gasteiger partial charge >= 0.3 is 0 Å². The number of hydrogen-bond acceptors (Lipinski definition) is 7. The van der Waals surface area contributed by atoms with Crippen LogP contribution < -0.4 is 5.73 Å². The second-order valence-corrected chi connectivity index (χ2v) is 5.33. The molecule has 8 nitrogen and oxygen atoms in total. The van der Waals surface area contributed by atoms with Crippen molar-refractivity contribution in [3.8, 4) is 0 Å². The summed E-state index contributed by atoms with van der Waals surface area (Å²) in [5, 5.41) is 9.39. The summed E-state index contributed by atoms with van der Waals surface area (Å²) in [6.07, 6.45) is 2.92. The Morgan fingerprint density at radius 1 is 1.52 bits per heavy atom. The van der Waals surface area contributed by atoms with E-state index >= 15 is 0 Å². The third-order valence-electron chi connectivity index (χ3n) is 3.79. The van der Waals surface area contributed by atoms with Crippen molar-refractivity contribution in [1.82, 2.24) is 19.5 Å². The van der Waals surface area contributed by atoms with Crippen molar-refractivity contribution in [2.24, 2.45) is 0 Å². The number of ether oxygens (including phenoxy) is 2. The lowest BCUT2D eigenvalue weighted by Crippen LogP contribution is -2.35. The van der Waals surface area contributed by atoms with Crippen molar-refractivity contribution in [2.45, 2.75) is 38.2 Å². The highest BCUT2D eigenvalue weighted by Gasteiger charge is 2.47. The van der Waals surface area contributed by atoms with Gasteiger partial charge in [0.1, 0.15) is 17.4 Å². The average molecular weight is 293 g/mol. The van der Waals surface area contributed by atoms with Crippen LogP contribution >= 0.6 is 0 Å². The molecule has 1 aliphatic heterocycles. The average Bonchev–Trinajstić information content (AvgIpc) is 3.01. The third kappa shape index (κ3) is 2.25. The monoisotopic (exact) mass is 293 g/mol. The van der Waals surface area contributed by atoms with Gasteiger partial charge < -0.3 is 20.3 Å². The molecule has 3 N–H and O–H groups in total. The van der Waals surface area contributed by atoms with Gasteiger partial charge in [-0.15, -0.1) is 0 Å². The lowest BCUT2D eigenvalue weighted by molar-refractivity contribution is -0.116. The van der Waals surface area contributed by atoms with E-state index in [-0.39, 0.29) is 12.7 Å². The predicted octanol–water partition coefficient (Wildman–Crippen LogP) is 0.483. The van der Waals surface area contributed by atoms with E-state index < -0.39 is 11.8 Å². The zero-order chi connectivity index (χ0) is 15.0. The summed E-state index contributed by atoms with van der Waals surface area (Å²) in [5.41, 5.74) is 6.38. The highest BCUT2D eigenvalue weighted by molar-refractivity contribution is 5.81. The van der Waals surface area contributed by atoms with Gasteiger partial charge in [0.25, 0.3) is 0 Å². The first-order valence-electron chi connectivity index (χ1n) is 6.92. The van der Waals surface area contributed by atoms with E-state index in [1.807, 2.05) is 13.8 Å². The Bertz CT molecular complexity index is 646. The predicted molar refractivity (Wildman–Crippen MR) is 75.4 cm³/mol. The number of fused-ring (bicyclic) bond motifs is 1. The summed E-state index contributed by atoms with van der Waals surface area (Å²) in [4.78, 5) is 12.4. The molecule has 3 heterocycles. The molecule has 0 aliphatic carbocycles. The molecule has 0 unspecified atom stereocenters. The second-order valence-electron chi connectivity index (χ2n) is 5.33. The van der Waals surface area contributed by atoms with Crippen LogP contribution in [0.1, 0.15) is 26.5 Å². The third-order valence-corrected chi connectivity index (χ3v) is 3.79. The van der Waals surface area contributed by atoms with Crippen molar-refractivity contribution >= 4 is 17.0 Å². The number of rotatable bonds is 4. The summed E-state index contributed by atoms with van der Waals surface area (Å²) in [6, 6.07) is 0. The van der Waals surface area contributed by atoms with Crippen LogP contribution in [0.4, 0.5) is 5.82 Å². The summed E-state index contributed by atoms with van der Waals surface area (Å²) in [7, 11) is 0. The van der Waals surface area contributed by atoms with Crippen LogP contribution in [0, 0.1) is 0 Å². The molecule has 8 heteroatoms. The number of aliphatic hydroxyl groups excluding tert-OH is 1. The summed E-state index contributed by atoms with van der Waals surface area (Å²) < 4.78 is 13.6. The van der Waals surface area contributed by atoms with Crippen molar-refractivity contribution < 1.29 is 14.6 Å². The summed E-state index contributed by atoms with van der Waals surface area (Å²) >= 11 is 0. The topological polar surface area (TPSA) is 108 Å². The molecule has 1 aliphatic rings. The van der Waals surface area contributed by atoms with E-state index in [0.29, 0.717) is 30.0 Å².